The summed E-state index contributed by atoms with van der Waals surface area (Å²) in [4.78, 5) is 35.1. The fraction of sp³-hybridized carbons (Fsp3) is 0.886. The minimum atomic E-state index is -5.10. The second-order valence-electron chi connectivity index (χ2n) is 13.1. The fourth-order valence-electron chi connectivity index (χ4n) is 5.52. The summed E-state index contributed by atoms with van der Waals surface area (Å²) in [5.41, 5.74) is 0. The molecule has 1 saturated carbocycles. The lowest BCUT2D eigenvalue weighted by Gasteiger charge is -2.41. The molecule has 1 aliphatic carbocycles. The van der Waals surface area contributed by atoms with Crippen molar-refractivity contribution in [3.8, 4) is 0 Å². The van der Waals surface area contributed by atoms with Crippen molar-refractivity contribution in [1.82, 2.24) is 0 Å². The van der Waals surface area contributed by atoms with Gasteiger partial charge in [-0.05, 0) is 38.5 Å². The zero-order valence-electron chi connectivity index (χ0n) is 29.7. The van der Waals surface area contributed by atoms with Crippen molar-refractivity contribution in [2.75, 3.05) is 13.2 Å². The van der Waals surface area contributed by atoms with Gasteiger partial charge in [0.1, 0.15) is 43.2 Å². The van der Waals surface area contributed by atoms with Gasteiger partial charge in [0.2, 0.25) is 0 Å². The van der Waals surface area contributed by atoms with Crippen LogP contribution in [0.5, 0.6) is 0 Å². The van der Waals surface area contributed by atoms with Crippen LogP contribution in [0.25, 0.3) is 0 Å². The zero-order chi connectivity index (χ0) is 36.5. The third-order valence-electron chi connectivity index (χ3n) is 8.61. The van der Waals surface area contributed by atoms with E-state index in [0.717, 1.165) is 64.2 Å². The molecule has 1 rings (SSSR count). The topological polar surface area (TPSA) is 210 Å². The summed E-state index contributed by atoms with van der Waals surface area (Å²) in [5.74, 6) is -1.12. The first-order valence-electron chi connectivity index (χ1n) is 18.5. The third-order valence-corrected chi connectivity index (χ3v) is 9.59. The molecule has 0 bridgehead atoms. The Hall–Kier alpha value is -1.41. The molecule has 0 aromatic heterocycles. The standard InChI is InChI=1S/C35H65O13P/c1-3-5-7-9-10-11-12-13-14-15-16-17-18-20-22-24-29(37)47-27(25-45-28(36)23-21-19-8-6-4-2)26-46-49(43,44)48-35-33(41)31(39)30(38)32(40)34(35)42/h13-14,27,30-35,38-42H,3-12,15-26H2,1-2H3,(H,43,44)/b14-13-. The van der Waals surface area contributed by atoms with Gasteiger partial charge in [-0.3, -0.25) is 18.6 Å². The van der Waals surface area contributed by atoms with Gasteiger partial charge in [-0.15, -0.1) is 0 Å². The molecule has 0 aromatic rings. The van der Waals surface area contributed by atoms with E-state index in [-0.39, 0.29) is 12.8 Å². The highest BCUT2D eigenvalue weighted by atomic mass is 31.2. The third kappa shape index (κ3) is 20.9. The Morgan fingerprint density at radius 3 is 1.55 bits per heavy atom. The van der Waals surface area contributed by atoms with Crippen LogP contribution in [0.3, 0.4) is 0 Å². The van der Waals surface area contributed by atoms with Crippen LogP contribution in [0.4, 0.5) is 0 Å². The number of rotatable bonds is 29. The number of ether oxygens (including phenoxy) is 2. The predicted octanol–water partition coefficient (Wildman–Crippen LogP) is 5.16. The predicted molar refractivity (Wildman–Crippen MR) is 184 cm³/mol. The van der Waals surface area contributed by atoms with E-state index in [0.29, 0.717) is 12.8 Å². The number of esters is 2. The molecule has 1 fully saturated rings. The van der Waals surface area contributed by atoms with Crippen molar-refractivity contribution in [2.45, 2.75) is 185 Å². The Morgan fingerprint density at radius 2 is 1.04 bits per heavy atom. The van der Waals surface area contributed by atoms with Gasteiger partial charge in [0, 0.05) is 12.8 Å². The molecule has 49 heavy (non-hydrogen) atoms. The lowest BCUT2D eigenvalue weighted by atomic mass is 9.85. The van der Waals surface area contributed by atoms with E-state index in [2.05, 4.69) is 26.0 Å². The quantitative estimate of drug-likeness (QED) is 0.0255. The Morgan fingerprint density at radius 1 is 0.612 bits per heavy atom. The van der Waals surface area contributed by atoms with Gasteiger partial charge >= 0.3 is 19.8 Å². The summed E-state index contributed by atoms with van der Waals surface area (Å²) in [6.45, 7) is 3.14. The molecule has 13 nitrogen and oxygen atoms in total. The number of aliphatic hydroxyl groups is 5. The van der Waals surface area contributed by atoms with Gasteiger partial charge in [-0.2, -0.15) is 0 Å². The second kappa shape index (κ2) is 27.3. The second-order valence-corrected chi connectivity index (χ2v) is 14.5. The SMILES string of the molecule is CCCCCCCC/C=C\CCCCCCCC(=O)OC(COC(=O)CCCCCCC)COP(=O)(O)OC1C(O)C(O)C(O)C(O)C1O. The maximum atomic E-state index is 12.7. The van der Waals surface area contributed by atoms with Crippen LogP contribution >= 0.6 is 7.82 Å². The highest BCUT2D eigenvalue weighted by Gasteiger charge is 2.51. The van der Waals surface area contributed by atoms with E-state index < -0.39 is 75.7 Å². The van der Waals surface area contributed by atoms with Crippen LogP contribution in [0.2, 0.25) is 0 Å². The Kier molecular flexibility index (Phi) is 25.4. The Balaban J connectivity index is 2.51. The smallest absolute Gasteiger partial charge is 0.462 e. The van der Waals surface area contributed by atoms with Crippen molar-refractivity contribution < 1.29 is 63.1 Å². The van der Waals surface area contributed by atoms with Gasteiger partial charge < -0.3 is 39.9 Å². The highest BCUT2D eigenvalue weighted by Crippen LogP contribution is 2.47. The molecule has 0 aromatic carbocycles. The van der Waals surface area contributed by atoms with Crippen molar-refractivity contribution in [3.05, 3.63) is 12.2 Å². The average molecular weight is 725 g/mol. The van der Waals surface area contributed by atoms with Crippen LogP contribution in [-0.2, 0) is 32.7 Å². The first kappa shape index (κ1) is 45.6. The molecule has 6 N–H and O–H groups in total. The zero-order valence-corrected chi connectivity index (χ0v) is 30.6. The minimum Gasteiger partial charge on any atom is -0.462 e. The van der Waals surface area contributed by atoms with Gasteiger partial charge in [0.25, 0.3) is 0 Å². The first-order valence-corrected chi connectivity index (χ1v) is 20.0. The molecular weight excluding hydrogens is 659 g/mol. The number of unbranched alkanes of at least 4 members (excludes halogenated alkanes) is 15. The van der Waals surface area contributed by atoms with Gasteiger partial charge in [-0.1, -0.05) is 103 Å². The van der Waals surface area contributed by atoms with Crippen molar-refractivity contribution >= 4 is 19.8 Å². The summed E-state index contributed by atoms with van der Waals surface area (Å²) in [6.07, 6.45) is 10.6. The van der Waals surface area contributed by atoms with Crippen LogP contribution in [0.1, 0.15) is 142 Å². The molecule has 0 radical (unpaired) electrons. The number of carbonyl (C=O) groups is 2. The molecule has 14 heteroatoms. The van der Waals surface area contributed by atoms with Gasteiger partial charge in [0.15, 0.2) is 6.10 Å². The van der Waals surface area contributed by atoms with Crippen LogP contribution < -0.4 is 0 Å². The van der Waals surface area contributed by atoms with Crippen LogP contribution in [0.15, 0.2) is 12.2 Å². The normalized spacial score (nSPS) is 24.5. The molecule has 0 saturated heterocycles. The summed E-state index contributed by atoms with van der Waals surface area (Å²) in [7, 11) is -5.10. The monoisotopic (exact) mass is 724 g/mol. The summed E-state index contributed by atoms with van der Waals surface area (Å²) >= 11 is 0. The van der Waals surface area contributed by atoms with Crippen molar-refractivity contribution in [3.63, 3.8) is 0 Å². The number of aliphatic hydroxyl groups excluding tert-OH is 5. The molecule has 0 aliphatic heterocycles. The number of phosphoric acid groups is 1. The molecule has 0 amide bonds. The maximum Gasteiger partial charge on any atom is 0.472 e. The summed E-state index contributed by atoms with van der Waals surface area (Å²) < 4.78 is 33.1. The van der Waals surface area contributed by atoms with E-state index >= 15 is 0 Å². The molecule has 1 aliphatic rings. The number of phosphoric ester groups is 1. The number of carbonyl (C=O) groups excluding carboxylic acids is 2. The van der Waals surface area contributed by atoms with Gasteiger partial charge in [-0.25, -0.2) is 4.57 Å². The van der Waals surface area contributed by atoms with E-state index in [1.165, 1.54) is 38.5 Å². The lowest BCUT2D eigenvalue weighted by Crippen LogP contribution is -2.64. The largest absolute Gasteiger partial charge is 0.472 e. The average Bonchev–Trinajstić information content (AvgIpc) is 3.07. The number of hydrogen-bond donors (Lipinski definition) is 6. The van der Waals surface area contributed by atoms with E-state index in [1.54, 1.807) is 0 Å². The highest BCUT2D eigenvalue weighted by molar-refractivity contribution is 7.47. The first-order chi connectivity index (χ1) is 23.4. The Labute approximate surface area is 293 Å². The molecule has 0 heterocycles. The van der Waals surface area contributed by atoms with E-state index in [1.807, 2.05) is 0 Å². The molecular formula is C35H65O13P. The fourth-order valence-corrected chi connectivity index (χ4v) is 6.49. The van der Waals surface area contributed by atoms with E-state index in [9.17, 15) is 44.6 Å². The van der Waals surface area contributed by atoms with Crippen LogP contribution in [0, 0.1) is 0 Å². The minimum absolute atomic E-state index is 0.0892. The summed E-state index contributed by atoms with van der Waals surface area (Å²) in [5, 5.41) is 49.7. The van der Waals surface area contributed by atoms with Gasteiger partial charge in [0.05, 0.1) is 6.61 Å². The van der Waals surface area contributed by atoms with Crippen molar-refractivity contribution in [1.29, 1.82) is 0 Å². The Bertz CT molecular complexity index is 932. The molecule has 0 spiro atoms. The molecule has 6 unspecified atom stereocenters. The van der Waals surface area contributed by atoms with Crippen LogP contribution in [-0.4, -0.2) is 98.3 Å². The van der Waals surface area contributed by atoms with Crippen molar-refractivity contribution in [2.24, 2.45) is 0 Å². The van der Waals surface area contributed by atoms with E-state index in [4.69, 9.17) is 18.5 Å². The summed E-state index contributed by atoms with van der Waals surface area (Å²) in [6, 6.07) is 0. The molecule has 288 valence electrons. The number of hydrogen-bond acceptors (Lipinski definition) is 12. The maximum absolute atomic E-state index is 12.7. The molecule has 6 atom stereocenters. The lowest BCUT2D eigenvalue weighted by molar-refractivity contribution is -0.220. The number of allylic oxidation sites excluding steroid dienone is 2.